The van der Waals surface area contributed by atoms with Gasteiger partial charge in [-0.3, -0.25) is 4.79 Å². The Kier molecular flexibility index (Phi) is 2.61. The highest BCUT2D eigenvalue weighted by atomic mass is 32.2. The standard InChI is InChI=1S/C14H11NOS/c16-14-13(9-10-5-1-2-6-10)17-12-8-4-3-7-11(12)15-14/h1,3-9H,2H2,(H,15,16)/b13-9+. The number of anilines is 1. The van der Waals surface area contributed by atoms with Gasteiger partial charge >= 0.3 is 0 Å². The van der Waals surface area contributed by atoms with E-state index in [1.165, 1.54) is 11.8 Å². The highest BCUT2D eigenvalue weighted by molar-refractivity contribution is 8.04. The van der Waals surface area contributed by atoms with Gasteiger partial charge in [0.15, 0.2) is 0 Å². The molecule has 0 fully saturated rings. The van der Waals surface area contributed by atoms with Gasteiger partial charge in [0.05, 0.1) is 10.6 Å². The zero-order valence-corrected chi connectivity index (χ0v) is 9.96. The van der Waals surface area contributed by atoms with Crippen LogP contribution in [0.1, 0.15) is 6.42 Å². The Hall–Kier alpha value is -1.74. The van der Waals surface area contributed by atoms with Gasteiger partial charge in [-0.15, -0.1) is 0 Å². The first-order valence-corrected chi connectivity index (χ1v) is 6.31. The Morgan fingerprint density at radius 2 is 2.18 bits per heavy atom. The summed E-state index contributed by atoms with van der Waals surface area (Å²) in [5.41, 5.74) is 2.01. The molecule has 0 saturated heterocycles. The van der Waals surface area contributed by atoms with Crippen LogP contribution in [0, 0.1) is 0 Å². The van der Waals surface area contributed by atoms with E-state index in [0.717, 1.165) is 27.5 Å². The van der Waals surface area contributed by atoms with Gasteiger partial charge in [-0.2, -0.15) is 0 Å². The maximum Gasteiger partial charge on any atom is 0.262 e. The van der Waals surface area contributed by atoms with E-state index in [4.69, 9.17) is 0 Å². The molecule has 0 saturated carbocycles. The van der Waals surface area contributed by atoms with Gasteiger partial charge in [-0.05, 0) is 30.2 Å². The first kappa shape index (κ1) is 10.4. The van der Waals surface area contributed by atoms with Crippen LogP contribution in [-0.4, -0.2) is 5.91 Å². The molecule has 0 bridgehead atoms. The van der Waals surface area contributed by atoms with E-state index in [1.54, 1.807) is 0 Å². The number of carbonyl (C=O) groups is 1. The van der Waals surface area contributed by atoms with E-state index >= 15 is 0 Å². The van der Waals surface area contributed by atoms with Crippen molar-refractivity contribution in [1.29, 1.82) is 0 Å². The number of para-hydroxylation sites is 1. The number of thioether (sulfide) groups is 1. The Balaban J connectivity index is 1.94. The maximum absolute atomic E-state index is 11.9. The fraction of sp³-hybridized carbons (Fsp3) is 0.0714. The Bertz CT molecular complexity index is 569. The van der Waals surface area contributed by atoms with Gasteiger partial charge in [-0.1, -0.05) is 42.1 Å². The van der Waals surface area contributed by atoms with Crippen molar-refractivity contribution in [3.8, 4) is 0 Å². The predicted molar refractivity (Wildman–Crippen MR) is 70.9 cm³/mol. The second kappa shape index (κ2) is 4.26. The first-order valence-electron chi connectivity index (χ1n) is 5.49. The number of nitrogens with one attached hydrogen (secondary N) is 1. The summed E-state index contributed by atoms with van der Waals surface area (Å²) in [6.07, 6.45) is 9.15. The molecular weight excluding hydrogens is 230 g/mol. The van der Waals surface area contributed by atoms with E-state index in [-0.39, 0.29) is 5.91 Å². The fourth-order valence-corrected chi connectivity index (χ4v) is 2.79. The van der Waals surface area contributed by atoms with Crippen LogP contribution in [0.3, 0.4) is 0 Å². The third-order valence-corrected chi connectivity index (χ3v) is 3.78. The SMILES string of the molecule is O=C1Nc2ccccc2S/C1=C/C1=CCC=C1. The van der Waals surface area contributed by atoms with E-state index in [1.807, 2.05) is 36.4 Å². The van der Waals surface area contributed by atoms with E-state index in [9.17, 15) is 4.79 Å². The van der Waals surface area contributed by atoms with Crippen LogP contribution in [-0.2, 0) is 4.79 Å². The lowest BCUT2D eigenvalue weighted by atomic mass is 10.2. The molecule has 1 heterocycles. The molecule has 1 aromatic carbocycles. The number of hydrogen-bond donors (Lipinski definition) is 1. The van der Waals surface area contributed by atoms with E-state index in [2.05, 4.69) is 17.5 Å². The van der Waals surface area contributed by atoms with Crippen LogP contribution >= 0.6 is 11.8 Å². The Labute approximate surface area is 104 Å². The highest BCUT2D eigenvalue weighted by Gasteiger charge is 2.20. The van der Waals surface area contributed by atoms with Gasteiger partial charge in [0.1, 0.15) is 0 Å². The van der Waals surface area contributed by atoms with Crippen LogP contribution in [0.4, 0.5) is 5.69 Å². The quantitative estimate of drug-likeness (QED) is 0.762. The molecule has 0 radical (unpaired) electrons. The molecule has 2 aliphatic rings. The second-order valence-corrected chi connectivity index (χ2v) is 4.99. The molecule has 0 unspecified atom stereocenters. The molecule has 3 heteroatoms. The van der Waals surface area contributed by atoms with Gasteiger partial charge in [0.25, 0.3) is 5.91 Å². The molecule has 0 atom stereocenters. The molecule has 3 rings (SSSR count). The van der Waals surface area contributed by atoms with Crippen molar-refractivity contribution < 1.29 is 4.79 Å². The minimum absolute atomic E-state index is 0.0186. The fourth-order valence-electron chi connectivity index (χ4n) is 1.84. The molecule has 1 aliphatic carbocycles. The summed E-state index contributed by atoms with van der Waals surface area (Å²) >= 11 is 1.53. The lowest BCUT2D eigenvalue weighted by molar-refractivity contribution is -0.112. The average Bonchev–Trinajstić information content (AvgIpc) is 2.83. The van der Waals surface area contributed by atoms with Crippen LogP contribution in [0.2, 0.25) is 0 Å². The predicted octanol–water partition coefficient (Wildman–Crippen LogP) is 3.50. The first-order chi connectivity index (χ1) is 8.33. The number of fused-ring (bicyclic) bond motifs is 1. The third kappa shape index (κ3) is 2.06. The zero-order chi connectivity index (χ0) is 11.7. The molecular formula is C14H11NOS. The summed E-state index contributed by atoms with van der Waals surface area (Å²) in [6, 6.07) is 7.85. The van der Waals surface area contributed by atoms with Crippen molar-refractivity contribution in [2.24, 2.45) is 0 Å². The average molecular weight is 241 g/mol. The minimum Gasteiger partial charge on any atom is -0.320 e. The molecule has 1 amide bonds. The summed E-state index contributed by atoms with van der Waals surface area (Å²) in [4.78, 5) is 13.7. The summed E-state index contributed by atoms with van der Waals surface area (Å²) in [5, 5.41) is 2.90. The highest BCUT2D eigenvalue weighted by Crippen LogP contribution is 2.38. The van der Waals surface area contributed by atoms with Crippen molar-refractivity contribution in [3.05, 3.63) is 59.0 Å². The number of benzene rings is 1. The van der Waals surface area contributed by atoms with Gasteiger partial charge in [-0.25, -0.2) is 0 Å². The zero-order valence-electron chi connectivity index (χ0n) is 9.14. The van der Waals surface area contributed by atoms with Crippen LogP contribution in [0.15, 0.2) is 63.9 Å². The normalized spacial score (nSPS) is 20.1. The molecule has 0 spiro atoms. The summed E-state index contributed by atoms with van der Waals surface area (Å²) in [5.74, 6) is -0.0186. The van der Waals surface area contributed by atoms with E-state index in [0.29, 0.717) is 0 Å². The van der Waals surface area contributed by atoms with Crippen molar-refractivity contribution in [1.82, 2.24) is 0 Å². The number of hydrogen-bond acceptors (Lipinski definition) is 2. The summed E-state index contributed by atoms with van der Waals surface area (Å²) < 4.78 is 0. The maximum atomic E-state index is 11.9. The number of allylic oxidation sites excluding steroid dienone is 5. The largest absolute Gasteiger partial charge is 0.320 e. The lowest BCUT2D eigenvalue weighted by Crippen LogP contribution is -2.17. The number of rotatable bonds is 1. The van der Waals surface area contributed by atoms with Crippen molar-refractivity contribution in [3.63, 3.8) is 0 Å². The smallest absolute Gasteiger partial charge is 0.262 e. The third-order valence-electron chi connectivity index (χ3n) is 2.68. The molecule has 0 aromatic heterocycles. The van der Waals surface area contributed by atoms with Crippen LogP contribution < -0.4 is 5.32 Å². The number of amides is 1. The molecule has 1 aliphatic heterocycles. The topological polar surface area (TPSA) is 29.1 Å². The van der Waals surface area contributed by atoms with Crippen molar-refractivity contribution in [2.75, 3.05) is 5.32 Å². The summed E-state index contributed by atoms with van der Waals surface area (Å²) in [7, 11) is 0. The van der Waals surface area contributed by atoms with Crippen LogP contribution in [0.5, 0.6) is 0 Å². The number of carbonyl (C=O) groups excluding carboxylic acids is 1. The molecule has 2 nitrogen and oxygen atoms in total. The Morgan fingerprint density at radius 3 is 3.00 bits per heavy atom. The van der Waals surface area contributed by atoms with Gasteiger partial charge in [0, 0.05) is 4.90 Å². The molecule has 17 heavy (non-hydrogen) atoms. The van der Waals surface area contributed by atoms with E-state index < -0.39 is 0 Å². The second-order valence-electron chi connectivity index (χ2n) is 3.90. The van der Waals surface area contributed by atoms with Gasteiger partial charge < -0.3 is 5.32 Å². The van der Waals surface area contributed by atoms with Crippen molar-refractivity contribution >= 4 is 23.4 Å². The van der Waals surface area contributed by atoms with Crippen molar-refractivity contribution in [2.45, 2.75) is 11.3 Å². The molecule has 84 valence electrons. The monoisotopic (exact) mass is 241 g/mol. The Morgan fingerprint density at radius 1 is 1.29 bits per heavy atom. The molecule has 1 N–H and O–H groups in total. The van der Waals surface area contributed by atoms with Crippen LogP contribution in [0.25, 0.3) is 0 Å². The minimum atomic E-state index is -0.0186. The summed E-state index contributed by atoms with van der Waals surface area (Å²) in [6.45, 7) is 0. The van der Waals surface area contributed by atoms with Gasteiger partial charge in [0.2, 0.25) is 0 Å². The lowest BCUT2D eigenvalue weighted by Gasteiger charge is -2.18. The molecule has 1 aromatic rings.